The number of carbonyl (C=O) groups is 1. The highest BCUT2D eigenvalue weighted by Crippen LogP contribution is 2.27. The molecule has 0 spiro atoms. The Morgan fingerprint density at radius 2 is 2.07 bits per heavy atom. The van der Waals surface area contributed by atoms with Crippen LogP contribution in [0.5, 0.6) is 0 Å². The van der Waals surface area contributed by atoms with Crippen molar-refractivity contribution in [1.29, 1.82) is 0 Å². The molecule has 0 bridgehead atoms. The van der Waals surface area contributed by atoms with Gasteiger partial charge in [0.1, 0.15) is 6.10 Å². The van der Waals surface area contributed by atoms with Crippen molar-refractivity contribution in [2.24, 2.45) is 0 Å². The molecular formula is C20H20N4O2S. The molecule has 3 aromatic rings. The van der Waals surface area contributed by atoms with Crippen LogP contribution in [0.4, 0.5) is 9.93 Å². The maximum Gasteiger partial charge on any atom is 0.323 e. The quantitative estimate of drug-likeness (QED) is 0.739. The number of hydrogen-bond donors (Lipinski definition) is 1. The fraction of sp³-hybridized carbons (Fsp3) is 0.250. The summed E-state index contributed by atoms with van der Waals surface area (Å²) < 4.78 is 6.02. The van der Waals surface area contributed by atoms with E-state index >= 15 is 0 Å². The number of aromatic nitrogens is 2. The second-order valence-electron chi connectivity index (χ2n) is 6.46. The number of amides is 2. The molecule has 2 amide bonds. The molecule has 2 atom stereocenters. The van der Waals surface area contributed by atoms with Crippen molar-refractivity contribution in [2.45, 2.75) is 19.1 Å². The molecule has 7 heteroatoms. The van der Waals surface area contributed by atoms with Crippen LogP contribution in [0.15, 0.2) is 60.2 Å². The average molecular weight is 380 g/mol. The maximum atomic E-state index is 12.7. The zero-order valence-electron chi connectivity index (χ0n) is 14.9. The van der Waals surface area contributed by atoms with Crippen molar-refractivity contribution in [3.8, 4) is 11.3 Å². The van der Waals surface area contributed by atoms with E-state index < -0.39 is 0 Å². The van der Waals surface area contributed by atoms with Gasteiger partial charge in [-0.25, -0.2) is 9.78 Å². The van der Waals surface area contributed by atoms with Gasteiger partial charge in [0.25, 0.3) is 0 Å². The van der Waals surface area contributed by atoms with Gasteiger partial charge in [-0.2, -0.15) is 0 Å². The third-order valence-corrected chi connectivity index (χ3v) is 5.15. The predicted octanol–water partition coefficient (Wildman–Crippen LogP) is 4.20. The van der Waals surface area contributed by atoms with E-state index in [1.54, 1.807) is 17.3 Å². The summed E-state index contributed by atoms with van der Waals surface area (Å²) in [5, 5.41) is 5.41. The third kappa shape index (κ3) is 4.15. The lowest BCUT2D eigenvalue weighted by atomic mass is 10.1. The molecule has 138 valence electrons. The van der Waals surface area contributed by atoms with E-state index in [4.69, 9.17) is 4.74 Å². The normalized spacial score (nSPS) is 19.7. The van der Waals surface area contributed by atoms with Crippen LogP contribution in [0.1, 0.15) is 18.6 Å². The van der Waals surface area contributed by atoms with E-state index in [9.17, 15) is 4.79 Å². The highest BCUT2D eigenvalue weighted by molar-refractivity contribution is 7.14. The first-order chi connectivity index (χ1) is 13.2. The first-order valence-corrected chi connectivity index (χ1v) is 9.69. The van der Waals surface area contributed by atoms with Crippen LogP contribution in [-0.4, -0.2) is 40.1 Å². The number of ether oxygens (including phenoxy) is 1. The summed E-state index contributed by atoms with van der Waals surface area (Å²) in [7, 11) is 0. The topological polar surface area (TPSA) is 67.4 Å². The van der Waals surface area contributed by atoms with Crippen LogP contribution in [0.25, 0.3) is 11.3 Å². The van der Waals surface area contributed by atoms with Gasteiger partial charge < -0.3 is 9.64 Å². The molecule has 6 nitrogen and oxygen atoms in total. The summed E-state index contributed by atoms with van der Waals surface area (Å²) in [6, 6.07) is 13.7. The van der Waals surface area contributed by atoms with Gasteiger partial charge in [0.2, 0.25) is 0 Å². The Morgan fingerprint density at radius 1 is 1.22 bits per heavy atom. The Kier molecular flexibility index (Phi) is 5.13. The fourth-order valence-electron chi connectivity index (χ4n) is 3.12. The molecule has 0 saturated carbocycles. The average Bonchev–Trinajstić information content (AvgIpc) is 3.17. The lowest BCUT2D eigenvalue weighted by molar-refractivity contribution is -0.0642. The molecule has 2 aromatic heterocycles. The maximum absolute atomic E-state index is 12.7. The Labute approximate surface area is 161 Å². The molecule has 0 radical (unpaired) electrons. The number of thiazole rings is 1. The SMILES string of the molecule is CC1CN(C(=O)Nc2nc(-c3cccnc3)cs2)CC(c2ccccc2)O1. The van der Waals surface area contributed by atoms with Crippen LogP contribution in [-0.2, 0) is 4.74 Å². The van der Waals surface area contributed by atoms with E-state index in [1.165, 1.54) is 11.3 Å². The van der Waals surface area contributed by atoms with Crippen molar-refractivity contribution in [3.63, 3.8) is 0 Å². The Hall–Kier alpha value is -2.77. The molecular weight excluding hydrogens is 360 g/mol. The summed E-state index contributed by atoms with van der Waals surface area (Å²) >= 11 is 1.41. The fourth-order valence-corrected chi connectivity index (χ4v) is 3.83. The number of carbonyl (C=O) groups excluding carboxylic acids is 1. The van der Waals surface area contributed by atoms with E-state index in [2.05, 4.69) is 15.3 Å². The summed E-state index contributed by atoms with van der Waals surface area (Å²) in [5.41, 5.74) is 2.81. The molecule has 2 unspecified atom stereocenters. The van der Waals surface area contributed by atoms with Crippen LogP contribution in [0.2, 0.25) is 0 Å². The van der Waals surface area contributed by atoms with Crippen molar-refractivity contribution in [2.75, 3.05) is 18.4 Å². The summed E-state index contributed by atoms with van der Waals surface area (Å²) in [6.45, 7) is 3.05. The van der Waals surface area contributed by atoms with Gasteiger partial charge in [-0.15, -0.1) is 11.3 Å². The lowest BCUT2D eigenvalue weighted by Gasteiger charge is -2.36. The Bertz CT molecular complexity index is 901. The number of pyridine rings is 1. The number of benzene rings is 1. The molecule has 1 aliphatic heterocycles. The molecule has 27 heavy (non-hydrogen) atoms. The highest BCUT2D eigenvalue weighted by atomic mass is 32.1. The van der Waals surface area contributed by atoms with Gasteiger partial charge in [-0.05, 0) is 24.6 Å². The molecule has 0 aliphatic carbocycles. The molecule has 1 saturated heterocycles. The zero-order chi connectivity index (χ0) is 18.6. The number of urea groups is 1. The first-order valence-electron chi connectivity index (χ1n) is 8.81. The number of hydrogen-bond acceptors (Lipinski definition) is 5. The third-order valence-electron chi connectivity index (χ3n) is 4.39. The first kappa shape index (κ1) is 17.6. The zero-order valence-corrected chi connectivity index (χ0v) is 15.7. The molecule has 1 N–H and O–H groups in total. The number of anilines is 1. The van der Waals surface area contributed by atoms with Gasteiger partial charge in [0.05, 0.1) is 18.3 Å². The number of morpholine rings is 1. The monoisotopic (exact) mass is 380 g/mol. The minimum Gasteiger partial charge on any atom is -0.367 e. The molecule has 1 aromatic carbocycles. The van der Waals surface area contributed by atoms with Crippen molar-refractivity contribution in [1.82, 2.24) is 14.9 Å². The van der Waals surface area contributed by atoms with Gasteiger partial charge >= 0.3 is 6.03 Å². The second kappa shape index (κ2) is 7.85. The summed E-state index contributed by atoms with van der Waals surface area (Å²) in [4.78, 5) is 23.1. The highest BCUT2D eigenvalue weighted by Gasteiger charge is 2.29. The van der Waals surface area contributed by atoms with Crippen LogP contribution in [0, 0.1) is 0 Å². The van der Waals surface area contributed by atoms with E-state index in [0.717, 1.165) is 16.8 Å². The van der Waals surface area contributed by atoms with Crippen molar-refractivity contribution < 1.29 is 9.53 Å². The van der Waals surface area contributed by atoms with Crippen LogP contribution in [0.3, 0.4) is 0 Å². The summed E-state index contributed by atoms with van der Waals surface area (Å²) in [5.74, 6) is 0. The minimum atomic E-state index is -0.154. The summed E-state index contributed by atoms with van der Waals surface area (Å²) in [6.07, 6.45) is 3.33. The minimum absolute atomic E-state index is 0.0306. The van der Waals surface area contributed by atoms with E-state index in [0.29, 0.717) is 18.2 Å². The Morgan fingerprint density at radius 3 is 2.85 bits per heavy atom. The lowest BCUT2D eigenvalue weighted by Crippen LogP contribution is -2.47. The molecule has 4 rings (SSSR count). The number of nitrogens with zero attached hydrogens (tertiary/aromatic N) is 3. The van der Waals surface area contributed by atoms with E-state index in [1.807, 2.05) is 54.8 Å². The molecule has 1 fully saturated rings. The largest absolute Gasteiger partial charge is 0.367 e. The predicted molar refractivity (Wildman–Crippen MR) is 106 cm³/mol. The van der Waals surface area contributed by atoms with Gasteiger partial charge in [-0.1, -0.05) is 30.3 Å². The van der Waals surface area contributed by atoms with Gasteiger partial charge in [0.15, 0.2) is 5.13 Å². The van der Waals surface area contributed by atoms with Gasteiger partial charge in [-0.3, -0.25) is 10.3 Å². The van der Waals surface area contributed by atoms with Crippen molar-refractivity contribution in [3.05, 3.63) is 65.8 Å². The number of rotatable bonds is 3. The molecule has 3 heterocycles. The van der Waals surface area contributed by atoms with Crippen LogP contribution >= 0.6 is 11.3 Å². The van der Waals surface area contributed by atoms with Crippen LogP contribution < -0.4 is 5.32 Å². The standard InChI is InChI=1S/C20H20N4O2S/c1-14-11-24(12-18(26-14)15-6-3-2-4-7-15)20(25)23-19-22-17(13-27-19)16-8-5-9-21-10-16/h2-10,13-14,18H,11-12H2,1H3,(H,22,23,25). The van der Waals surface area contributed by atoms with E-state index in [-0.39, 0.29) is 18.2 Å². The van der Waals surface area contributed by atoms with Gasteiger partial charge in [0, 0.05) is 29.9 Å². The Balaban J connectivity index is 1.44. The number of nitrogens with one attached hydrogen (secondary N) is 1. The molecule has 1 aliphatic rings. The second-order valence-corrected chi connectivity index (χ2v) is 7.32. The smallest absolute Gasteiger partial charge is 0.323 e. The van der Waals surface area contributed by atoms with Crippen molar-refractivity contribution >= 4 is 22.5 Å².